The van der Waals surface area contributed by atoms with Gasteiger partial charge in [-0.2, -0.15) is 21.6 Å². The van der Waals surface area contributed by atoms with E-state index in [-0.39, 0.29) is 275 Å². The summed E-state index contributed by atoms with van der Waals surface area (Å²) in [5, 5.41) is 43.2. The number of rotatable bonds is 55. The zero-order chi connectivity index (χ0) is 117. The minimum atomic E-state index is -4.34. The number of benzene rings is 1. The Balaban J connectivity index is -0.000000298. The van der Waals surface area contributed by atoms with E-state index in [0.717, 1.165) is 70.0 Å². The lowest BCUT2D eigenvalue weighted by atomic mass is 9.83. The van der Waals surface area contributed by atoms with Crippen molar-refractivity contribution in [3.8, 4) is 0 Å². The first kappa shape index (κ1) is 153. The summed E-state index contributed by atoms with van der Waals surface area (Å²) < 4.78 is 73.1. The molecule has 148 heavy (non-hydrogen) atoms. The smallest absolute Gasteiger partial charge is 0.389 e. The normalized spacial score (nSPS) is 14.9. The minimum Gasteiger partial charge on any atom is -0.466 e. The van der Waals surface area contributed by atoms with Crippen molar-refractivity contribution in [2.75, 3.05) is 46.2 Å². The molecule has 3 fully saturated rings. The number of Topliss-reactive ketones (excluding diaryl/α,β-unsaturated/α-hetero) is 15. The molecular weight excluding hydrogens is 1930 g/mol. The van der Waals surface area contributed by atoms with Crippen molar-refractivity contribution in [1.82, 2.24) is 0 Å². The molecule has 2 saturated carbocycles. The molecule has 10 atom stereocenters. The summed E-state index contributed by atoms with van der Waals surface area (Å²) in [6, 6.07) is 9.25. The average Bonchev–Trinajstić information content (AvgIpc) is 1.54. The number of carbonyl (C=O) groups is 18. The molecule has 3 aliphatic rings. The second kappa shape index (κ2) is 83.6. The standard InChI is InChI=1S/C14H18O3.C13H22O3.C13H24O3.C12H22O3.C11H17F3O3.C11H18O3.2C11H20O3.C10H20O.C9H16O2.O2S/c1-10(2)14(17)13(8-12(16)9-15)11-6-4-3-5-7-11;1-8(2)13(15)11(10-5-6-10)7-12(14)16-9(3)4;1-8(2)11(13(15)9(3)4)7-12(14)16-10(5)6;1-6-15-11(13)7-10(8(2)3)12(14)9(4)5;1-7(2)10(17)8(5-9(16)6-15)3-4-11(12,13)14;1-7(2)11(14)10(8-3-4-8)5-9(13)6-12;1-7(2)10(5-9(13)6-12)11(14)8(3)4;1-4-5-9(6-10(13)7-12)11(14)8(2)3;1-6-9(7(2)3)10(11)8(4)5;1-9(2,3)8(10)7-5-4-6-11-7;1-3-2/h3-7,10,13,15H,8-9H2,1-2H3;8-11H,5-7H2,1-4H3;8-11H,7H2,1-6H3;8-10H,6-7H2,1-5H3;7-8,15H,3-6H2,1-2H3;7-8,10,12H,3-6H2,1-2H3;7-8,10,12H,5-6H2,1-4H3;8-9,12H,4-7H2,1-3H3;7-9H,6H2,1-5H3;7H,4-6H2,1-3H3;. The summed E-state index contributed by atoms with van der Waals surface area (Å²) in [7, 11) is 0. The van der Waals surface area contributed by atoms with Crippen LogP contribution in [0.15, 0.2) is 30.3 Å². The van der Waals surface area contributed by atoms with Gasteiger partial charge in [-0.05, 0) is 133 Å². The zero-order valence-electron chi connectivity index (χ0n) is 96.9. The highest BCUT2D eigenvalue weighted by Crippen LogP contribution is 2.42. The van der Waals surface area contributed by atoms with Gasteiger partial charge in [-0.15, -0.1) is 0 Å². The molecule has 10 unspecified atom stereocenters. The average molecular weight is 2130 g/mol. The summed E-state index contributed by atoms with van der Waals surface area (Å²) in [6.45, 7) is 66.5. The number of hydrogen-bond acceptors (Lipinski definition) is 29. The molecule has 1 saturated heterocycles. The highest BCUT2D eigenvalue weighted by Gasteiger charge is 2.41. The first-order valence-electron chi connectivity index (χ1n) is 53.4. The fraction of sp³-hybridized carbons (Fsp3) is 0.791. The van der Waals surface area contributed by atoms with Crippen LogP contribution in [0.5, 0.6) is 0 Å². The van der Waals surface area contributed by atoms with E-state index in [0.29, 0.717) is 30.1 Å². The fourth-order valence-corrected chi connectivity index (χ4v) is 15.6. The molecule has 0 spiro atoms. The third kappa shape index (κ3) is 74.1. The summed E-state index contributed by atoms with van der Waals surface area (Å²) in [5.41, 5.74) is 0.600. The van der Waals surface area contributed by atoms with E-state index in [1.54, 1.807) is 20.8 Å². The van der Waals surface area contributed by atoms with Gasteiger partial charge in [0.2, 0.25) is 0 Å². The molecule has 4 rings (SSSR count). The Morgan fingerprint density at radius 1 is 0.365 bits per heavy atom. The number of carbonyl (C=O) groups excluding carboxylic acids is 18. The van der Waals surface area contributed by atoms with Crippen molar-refractivity contribution in [2.24, 2.45) is 142 Å². The van der Waals surface area contributed by atoms with Gasteiger partial charge in [-0.25, -0.2) is 0 Å². The van der Waals surface area contributed by atoms with Gasteiger partial charge in [0.25, 0.3) is 0 Å². The van der Waals surface area contributed by atoms with Crippen LogP contribution in [0, 0.1) is 142 Å². The molecule has 0 radical (unpaired) electrons. The molecule has 0 aromatic heterocycles. The monoisotopic (exact) mass is 2130 g/mol. The van der Waals surface area contributed by atoms with Gasteiger partial charge in [0.1, 0.15) is 91.2 Å². The van der Waals surface area contributed by atoms with Crippen LogP contribution in [0.4, 0.5) is 13.2 Å². The lowest BCUT2D eigenvalue weighted by molar-refractivity contribution is -0.151. The zero-order valence-corrected chi connectivity index (χ0v) is 97.8. The van der Waals surface area contributed by atoms with Crippen molar-refractivity contribution in [2.45, 2.75) is 402 Å². The summed E-state index contributed by atoms with van der Waals surface area (Å²) in [6.07, 6.45) is 3.73. The molecule has 29 nitrogen and oxygen atoms in total. The predicted molar refractivity (Wildman–Crippen MR) is 570 cm³/mol. The molecule has 0 bridgehead atoms. The Hall–Kier alpha value is -7.95. The first-order valence-corrected chi connectivity index (χ1v) is 54.1. The molecule has 0 amide bonds. The molecule has 2 aliphatic carbocycles. The minimum absolute atomic E-state index is 0.00732. The second-order valence-corrected chi connectivity index (χ2v) is 44.3. The number of hydrogen-bond donors (Lipinski definition) is 5. The summed E-state index contributed by atoms with van der Waals surface area (Å²) >= 11 is -0.750. The van der Waals surface area contributed by atoms with Crippen molar-refractivity contribution >= 4 is 116 Å². The van der Waals surface area contributed by atoms with E-state index >= 15 is 0 Å². The third-order valence-electron chi connectivity index (χ3n) is 24.4. The van der Waals surface area contributed by atoms with Crippen LogP contribution >= 0.6 is 0 Å². The number of ketones is 15. The summed E-state index contributed by atoms with van der Waals surface area (Å²) in [5.74, 6) is -1.94. The van der Waals surface area contributed by atoms with E-state index in [1.165, 1.54) is 0 Å². The Morgan fingerprint density at radius 3 is 0.932 bits per heavy atom. The Kier molecular flexibility index (Phi) is 86.4. The number of halogens is 3. The summed E-state index contributed by atoms with van der Waals surface area (Å²) in [4.78, 5) is 207. The van der Waals surface area contributed by atoms with Crippen molar-refractivity contribution in [1.29, 1.82) is 0 Å². The van der Waals surface area contributed by atoms with E-state index in [9.17, 15) is 99.5 Å². The number of aliphatic hydroxyl groups is 5. The van der Waals surface area contributed by atoms with Crippen LogP contribution in [0.1, 0.15) is 383 Å². The maximum Gasteiger partial charge on any atom is 0.389 e. The molecule has 33 heteroatoms. The number of alkyl halides is 3. The highest BCUT2D eigenvalue weighted by molar-refractivity contribution is 7.51. The van der Waals surface area contributed by atoms with Crippen LogP contribution in [0.2, 0.25) is 0 Å². The molecule has 1 aliphatic heterocycles. The molecule has 1 aromatic rings. The van der Waals surface area contributed by atoms with E-state index < -0.39 is 87.2 Å². The molecule has 858 valence electrons. The first-order chi connectivity index (χ1) is 68.2. The third-order valence-corrected chi connectivity index (χ3v) is 24.4. The van der Waals surface area contributed by atoms with Gasteiger partial charge < -0.3 is 44.5 Å². The Labute approximate surface area is 889 Å². The van der Waals surface area contributed by atoms with Crippen LogP contribution < -0.4 is 0 Å². The van der Waals surface area contributed by atoms with Gasteiger partial charge in [-0.3, -0.25) is 86.3 Å². The van der Waals surface area contributed by atoms with Crippen LogP contribution in [-0.2, 0) is 117 Å². The lowest BCUT2D eigenvalue weighted by Gasteiger charge is -2.21. The number of esters is 3. The van der Waals surface area contributed by atoms with E-state index in [1.807, 2.05) is 238 Å². The Bertz CT molecular complexity index is 3970. The second-order valence-electron chi connectivity index (χ2n) is 44.2. The van der Waals surface area contributed by atoms with Gasteiger partial charge >= 0.3 is 35.7 Å². The van der Waals surface area contributed by atoms with Crippen molar-refractivity contribution < 1.29 is 152 Å². The van der Waals surface area contributed by atoms with E-state index in [4.69, 9.17) is 52.9 Å². The maximum absolute atomic E-state index is 12.1. The van der Waals surface area contributed by atoms with Gasteiger partial charge in [-0.1, -0.05) is 251 Å². The largest absolute Gasteiger partial charge is 0.466 e. The maximum atomic E-state index is 12.1. The van der Waals surface area contributed by atoms with Gasteiger partial charge in [0, 0.05) is 157 Å². The van der Waals surface area contributed by atoms with Gasteiger partial charge in [0.15, 0.2) is 34.7 Å². The van der Waals surface area contributed by atoms with E-state index in [2.05, 4.69) is 20.8 Å². The van der Waals surface area contributed by atoms with Crippen LogP contribution in [0.3, 0.4) is 0 Å². The topological polar surface area (TPSA) is 479 Å². The quantitative estimate of drug-likeness (QED) is 0.0299. The fourth-order valence-electron chi connectivity index (χ4n) is 15.6. The SMILES string of the molecule is CC(C)(C)C(=O)C1CCCO1.CC(C)C(=O)C(CC(=O)CO)C(C)C.CC(C)C(=O)C(CC(=O)CO)C1CC1.CC(C)C(=O)C(CC(=O)CO)c1ccccc1.CC(C)C(=O)C(CCC(F)(F)F)CC(=O)CO.CC(C)OC(=O)CC(C(=O)C(C)C)C(C)C.CC(C)OC(=O)CC(C(=O)C(C)C)C1CC1.CCC(C(=O)C(C)C)C(C)C.CCCC(CC(=O)CO)C(=O)C(C)C.CCOC(=O)CC(C(=O)C(C)C)C(C)C.O=S=O. The van der Waals surface area contributed by atoms with Crippen LogP contribution in [0.25, 0.3) is 0 Å². The number of aliphatic hydroxyl groups excluding tert-OH is 5. The molecule has 1 heterocycles. The predicted octanol–water partition coefficient (Wildman–Crippen LogP) is 20.1. The van der Waals surface area contributed by atoms with Crippen molar-refractivity contribution in [3.63, 3.8) is 0 Å². The molecular formula is C115H197F3O29S. The Morgan fingerprint density at radius 2 is 0.662 bits per heavy atom. The van der Waals surface area contributed by atoms with Crippen molar-refractivity contribution in [3.05, 3.63) is 35.9 Å². The molecule has 1 aromatic carbocycles. The highest BCUT2D eigenvalue weighted by atomic mass is 32.1. The van der Waals surface area contributed by atoms with Gasteiger partial charge in [0.05, 0.1) is 38.1 Å². The van der Waals surface area contributed by atoms with Crippen LogP contribution in [-0.4, -0.2) is 209 Å². The molecule has 5 N–H and O–H groups in total. The number of ether oxygens (including phenoxy) is 4. The lowest BCUT2D eigenvalue weighted by Crippen LogP contribution is -2.31.